The van der Waals surface area contributed by atoms with Gasteiger partial charge in [-0.25, -0.2) is 13.1 Å². The number of H-pyrrole nitrogens is 1. The van der Waals surface area contributed by atoms with Crippen LogP contribution in [0.4, 0.5) is 0 Å². The summed E-state index contributed by atoms with van der Waals surface area (Å²) < 4.78 is 27.0. The maximum atomic E-state index is 12.1. The standard InChI is InChI=1S/C15H19N3O2S/c19-21(20,14-3-1-2-4-14)17-11-12-5-7-13(8-6-12)15-9-10-16-18-15/h5-10,14,17H,1-4,11H2,(H,16,18). The Morgan fingerprint density at radius 3 is 2.48 bits per heavy atom. The van der Waals surface area contributed by atoms with E-state index in [0.717, 1.165) is 42.5 Å². The first-order chi connectivity index (χ1) is 10.1. The number of benzene rings is 1. The largest absolute Gasteiger partial charge is 0.278 e. The Morgan fingerprint density at radius 2 is 1.86 bits per heavy atom. The molecule has 1 fully saturated rings. The summed E-state index contributed by atoms with van der Waals surface area (Å²) in [7, 11) is -3.18. The van der Waals surface area contributed by atoms with Crippen molar-refractivity contribution in [2.45, 2.75) is 37.5 Å². The number of aromatic amines is 1. The van der Waals surface area contributed by atoms with E-state index in [2.05, 4.69) is 14.9 Å². The highest BCUT2D eigenvalue weighted by Gasteiger charge is 2.28. The number of aromatic nitrogens is 2. The van der Waals surface area contributed by atoms with Crippen LogP contribution < -0.4 is 4.72 Å². The lowest BCUT2D eigenvalue weighted by Crippen LogP contribution is -2.32. The molecule has 0 spiro atoms. The topological polar surface area (TPSA) is 74.8 Å². The van der Waals surface area contributed by atoms with Crippen molar-refractivity contribution in [3.8, 4) is 11.3 Å². The first-order valence-corrected chi connectivity index (χ1v) is 8.77. The molecule has 6 heteroatoms. The summed E-state index contributed by atoms with van der Waals surface area (Å²) in [6.07, 6.45) is 5.32. The van der Waals surface area contributed by atoms with Crippen LogP contribution in [0.25, 0.3) is 11.3 Å². The highest BCUT2D eigenvalue weighted by Crippen LogP contribution is 2.24. The molecule has 112 valence electrons. The zero-order valence-electron chi connectivity index (χ0n) is 11.7. The lowest BCUT2D eigenvalue weighted by molar-refractivity contribution is 0.564. The fraction of sp³-hybridized carbons (Fsp3) is 0.400. The van der Waals surface area contributed by atoms with E-state index in [9.17, 15) is 8.42 Å². The minimum absolute atomic E-state index is 0.207. The number of sulfonamides is 1. The van der Waals surface area contributed by atoms with Crippen LogP contribution in [0.2, 0.25) is 0 Å². The Bertz CT molecular complexity index is 672. The average Bonchev–Trinajstić information content (AvgIpc) is 3.19. The Kier molecular flexibility index (Phi) is 4.07. The summed E-state index contributed by atoms with van der Waals surface area (Å²) in [5, 5.41) is 6.62. The number of rotatable bonds is 5. The zero-order valence-corrected chi connectivity index (χ0v) is 12.6. The molecule has 1 heterocycles. The molecule has 0 radical (unpaired) electrons. The molecule has 0 amide bonds. The van der Waals surface area contributed by atoms with E-state index >= 15 is 0 Å². The molecule has 1 aliphatic carbocycles. The molecule has 21 heavy (non-hydrogen) atoms. The maximum absolute atomic E-state index is 12.1. The molecule has 0 bridgehead atoms. The summed E-state index contributed by atoms with van der Waals surface area (Å²) in [4.78, 5) is 0. The highest BCUT2D eigenvalue weighted by molar-refractivity contribution is 7.90. The van der Waals surface area contributed by atoms with Gasteiger partial charge < -0.3 is 0 Å². The van der Waals surface area contributed by atoms with Gasteiger partial charge in [0.25, 0.3) is 0 Å². The second-order valence-corrected chi connectivity index (χ2v) is 7.49. The highest BCUT2D eigenvalue weighted by atomic mass is 32.2. The molecule has 1 aromatic carbocycles. The predicted molar refractivity (Wildman–Crippen MR) is 82.0 cm³/mol. The zero-order chi connectivity index (χ0) is 14.7. The molecule has 5 nitrogen and oxygen atoms in total. The van der Waals surface area contributed by atoms with Crippen LogP contribution in [0.15, 0.2) is 36.5 Å². The minimum atomic E-state index is -3.18. The molecule has 0 unspecified atom stereocenters. The summed E-state index contributed by atoms with van der Waals surface area (Å²) >= 11 is 0. The molecule has 1 saturated carbocycles. The van der Waals surface area contributed by atoms with E-state index in [1.54, 1.807) is 6.20 Å². The number of nitrogens with zero attached hydrogens (tertiary/aromatic N) is 1. The van der Waals surface area contributed by atoms with E-state index in [4.69, 9.17) is 0 Å². The molecule has 3 rings (SSSR count). The van der Waals surface area contributed by atoms with Gasteiger partial charge in [-0.3, -0.25) is 5.10 Å². The predicted octanol–water partition coefficient (Wildman–Crippen LogP) is 2.44. The lowest BCUT2D eigenvalue weighted by atomic mass is 10.1. The fourth-order valence-electron chi connectivity index (χ4n) is 2.72. The second kappa shape index (κ2) is 5.99. The summed E-state index contributed by atoms with van der Waals surface area (Å²) in [5.41, 5.74) is 2.95. The number of nitrogens with one attached hydrogen (secondary N) is 2. The first kappa shape index (κ1) is 14.3. The van der Waals surface area contributed by atoms with E-state index in [1.165, 1.54) is 0 Å². The molecule has 0 aliphatic heterocycles. The van der Waals surface area contributed by atoms with Crippen LogP contribution >= 0.6 is 0 Å². The summed E-state index contributed by atoms with van der Waals surface area (Å²) in [6, 6.07) is 9.71. The Morgan fingerprint density at radius 1 is 1.14 bits per heavy atom. The van der Waals surface area contributed by atoms with Gasteiger partial charge in [0.05, 0.1) is 10.9 Å². The van der Waals surface area contributed by atoms with Gasteiger partial charge in [0.2, 0.25) is 10.0 Å². The molecular formula is C15H19N3O2S. The van der Waals surface area contributed by atoms with Crippen LogP contribution in [-0.2, 0) is 16.6 Å². The maximum Gasteiger partial charge on any atom is 0.214 e. The van der Waals surface area contributed by atoms with E-state index < -0.39 is 10.0 Å². The van der Waals surface area contributed by atoms with Gasteiger partial charge in [-0.1, -0.05) is 37.1 Å². The van der Waals surface area contributed by atoms with Crippen LogP contribution in [0.5, 0.6) is 0 Å². The van der Waals surface area contributed by atoms with Gasteiger partial charge in [0, 0.05) is 12.7 Å². The van der Waals surface area contributed by atoms with Crippen molar-refractivity contribution in [3.63, 3.8) is 0 Å². The van der Waals surface area contributed by atoms with Crippen molar-refractivity contribution in [1.82, 2.24) is 14.9 Å². The molecular weight excluding hydrogens is 286 g/mol. The molecule has 2 aromatic rings. The van der Waals surface area contributed by atoms with E-state index in [1.807, 2.05) is 30.3 Å². The molecule has 1 aliphatic rings. The van der Waals surface area contributed by atoms with Crippen molar-refractivity contribution in [3.05, 3.63) is 42.1 Å². The minimum Gasteiger partial charge on any atom is -0.278 e. The third kappa shape index (κ3) is 3.33. The van der Waals surface area contributed by atoms with Crippen molar-refractivity contribution >= 4 is 10.0 Å². The van der Waals surface area contributed by atoms with Crippen LogP contribution in [0, 0.1) is 0 Å². The van der Waals surface area contributed by atoms with Crippen molar-refractivity contribution in [2.75, 3.05) is 0 Å². The van der Waals surface area contributed by atoms with Gasteiger partial charge in [-0.2, -0.15) is 5.10 Å². The van der Waals surface area contributed by atoms with Gasteiger partial charge >= 0.3 is 0 Å². The normalized spacial score (nSPS) is 16.4. The molecule has 1 aromatic heterocycles. The third-order valence-electron chi connectivity index (χ3n) is 3.98. The van der Waals surface area contributed by atoms with Gasteiger partial charge in [0.1, 0.15) is 0 Å². The third-order valence-corrected chi connectivity index (χ3v) is 5.88. The SMILES string of the molecule is O=S(=O)(NCc1ccc(-c2ccn[nH]2)cc1)C1CCCC1. The first-order valence-electron chi connectivity index (χ1n) is 7.22. The van der Waals surface area contributed by atoms with Crippen LogP contribution in [-0.4, -0.2) is 23.9 Å². The summed E-state index contributed by atoms with van der Waals surface area (Å²) in [6.45, 7) is 0.349. The monoisotopic (exact) mass is 305 g/mol. The Hall–Kier alpha value is -1.66. The smallest absolute Gasteiger partial charge is 0.214 e. The van der Waals surface area contributed by atoms with Crippen LogP contribution in [0.1, 0.15) is 31.2 Å². The van der Waals surface area contributed by atoms with Crippen molar-refractivity contribution < 1.29 is 8.42 Å². The summed E-state index contributed by atoms with van der Waals surface area (Å²) in [5.74, 6) is 0. The molecule has 0 atom stereocenters. The van der Waals surface area contributed by atoms with Gasteiger partial charge in [-0.05, 0) is 30.0 Å². The average molecular weight is 305 g/mol. The van der Waals surface area contributed by atoms with E-state index in [0.29, 0.717) is 6.54 Å². The Balaban J connectivity index is 1.63. The van der Waals surface area contributed by atoms with E-state index in [-0.39, 0.29) is 5.25 Å². The van der Waals surface area contributed by atoms with Gasteiger partial charge in [-0.15, -0.1) is 0 Å². The number of hydrogen-bond donors (Lipinski definition) is 2. The molecule has 2 N–H and O–H groups in total. The Labute approximate surface area is 124 Å². The van der Waals surface area contributed by atoms with Crippen molar-refractivity contribution in [1.29, 1.82) is 0 Å². The number of hydrogen-bond acceptors (Lipinski definition) is 3. The lowest BCUT2D eigenvalue weighted by Gasteiger charge is -2.12. The van der Waals surface area contributed by atoms with Crippen LogP contribution in [0.3, 0.4) is 0 Å². The van der Waals surface area contributed by atoms with Crippen molar-refractivity contribution in [2.24, 2.45) is 0 Å². The molecule has 0 saturated heterocycles. The quantitative estimate of drug-likeness (QED) is 0.891. The fourth-order valence-corrected chi connectivity index (χ4v) is 4.28. The van der Waals surface area contributed by atoms with Gasteiger partial charge in [0.15, 0.2) is 0 Å². The second-order valence-electron chi connectivity index (χ2n) is 5.44.